The van der Waals surface area contributed by atoms with Crippen LogP contribution in [0.3, 0.4) is 0 Å². The lowest BCUT2D eigenvalue weighted by Gasteiger charge is -2.20. The maximum Gasteiger partial charge on any atom is 0.123 e. The Morgan fingerprint density at radius 2 is 2.21 bits per heavy atom. The smallest absolute Gasteiger partial charge is 0.123 e. The molecule has 0 aromatic heterocycles. The zero-order chi connectivity index (χ0) is 13.8. The Morgan fingerprint density at radius 3 is 2.79 bits per heavy atom. The Labute approximate surface area is 116 Å². The molecule has 19 heavy (non-hydrogen) atoms. The van der Waals surface area contributed by atoms with Crippen molar-refractivity contribution in [2.24, 2.45) is 5.73 Å². The number of ether oxygens (including phenoxy) is 1. The number of methoxy groups -OCH3 is 1. The van der Waals surface area contributed by atoms with Crippen LogP contribution in [0, 0.1) is 0 Å². The highest BCUT2D eigenvalue weighted by molar-refractivity contribution is 5.40. The highest BCUT2D eigenvalue weighted by atomic mass is 16.5. The van der Waals surface area contributed by atoms with Gasteiger partial charge in [-0.3, -0.25) is 0 Å². The predicted molar refractivity (Wildman–Crippen MR) is 79.7 cm³/mol. The third kappa shape index (κ3) is 3.48. The summed E-state index contributed by atoms with van der Waals surface area (Å²) in [6.45, 7) is 5.51. The highest BCUT2D eigenvalue weighted by Gasteiger charge is 2.20. The lowest BCUT2D eigenvalue weighted by molar-refractivity contribution is 0.399. The minimum Gasteiger partial charge on any atom is -0.496 e. The molecule has 2 rings (SSSR count). The van der Waals surface area contributed by atoms with Crippen molar-refractivity contribution in [1.29, 1.82) is 0 Å². The van der Waals surface area contributed by atoms with Crippen molar-refractivity contribution in [1.82, 2.24) is 5.32 Å². The number of benzene rings is 1. The third-order valence-electron chi connectivity index (χ3n) is 4.02. The lowest BCUT2D eigenvalue weighted by atomic mass is 9.95. The van der Waals surface area contributed by atoms with Gasteiger partial charge in [0.05, 0.1) is 7.11 Å². The van der Waals surface area contributed by atoms with Gasteiger partial charge in [0.25, 0.3) is 0 Å². The summed E-state index contributed by atoms with van der Waals surface area (Å²) < 4.78 is 5.52. The summed E-state index contributed by atoms with van der Waals surface area (Å²) in [5, 5.41) is 3.50. The first-order valence-corrected chi connectivity index (χ1v) is 7.28. The maximum atomic E-state index is 6.36. The van der Waals surface area contributed by atoms with Crippen LogP contribution in [0.5, 0.6) is 5.75 Å². The molecule has 1 aliphatic heterocycles. The van der Waals surface area contributed by atoms with Crippen molar-refractivity contribution in [2.75, 3.05) is 13.7 Å². The van der Waals surface area contributed by atoms with Gasteiger partial charge in [0.1, 0.15) is 5.75 Å². The van der Waals surface area contributed by atoms with Crippen LogP contribution in [-0.4, -0.2) is 19.7 Å². The van der Waals surface area contributed by atoms with Crippen LogP contribution in [0.1, 0.15) is 56.2 Å². The first-order chi connectivity index (χ1) is 9.11. The molecule has 0 aliphatic carbocycles. The molecule has 106 valence electrons. The molecule has 1 aliphatic rings. The van der Waals surface area contributed by atoms with E-state index in [-0.39, 0.29) is 6.04 Å². The SMILES string of the molecule is COc1cc(C(C)C)ccc1C(N)CC1CCCN1. The standard InChI is InChI=1S/C16H26N2O/c1-11(2)12-6-7-14(16(9-12)19-3)15(17)10-13-5-4-8-18-13/h6-7,9,11,13,15,18H,4-5,8,10,17H2,1-3H3. The average molecular weight is 262 g/mol. The Morgan fingerprint density at radius 1 is 1.42 bits per heavy atom. The summed E-state index contributed by atoms with van der Waals surface area (Å²) in [6, 6.07) is 7.04. The van der Waals surface area contributed by atoms with Crippen LogP contribution >= 0.6 is 0 Å². The Bertz CT molecular complexity index is 411. The maximum absolute atomic E-state index is 6.36. The molecular formula is C16H26N2O. The molecule has 3 N–H and O–H groups in total. The van der Waals surface area contributed by atoms with E-state index in [1.807, 2.05) is 0 Å². The van der Waals surface area contributed by atoms with Crippen molar-refractivity contribution in [3.05, 3.63) is 29.3 Å². The van der Waals surface area contributed by atoms with E-state index in [0.717, 1.165) is 24.3 Å². The molecule has 0 radical (unpaired) electrons. The van der Waals surface area contributed by atoms with Crippen molar-refractivity contribution in [3.63, 3.8) is 0 Å². The zero-order valence-corrected chi connectivity index (χ0v) is 12.3. The molecular weight excluding hydrogens is 236 g/mol. The van der Waals surface area contributed by atoms with E-state index in [1.165, 1.54) is 18.4 Å². The van der Waals surface area contributed by atoms with E-state index >= 15 is 0 Å². The van der Waals surface area contributed by atoms with Crippen molar-refractivity contribution < 1.29 is 4.74 Å². The second kappa shape index (κ2) is 6.40. The van der Waals surface area contributed by atoms with Crippen LogP contribution in [0.2, 0.25) is 0 Å². The summed E-state index contributed by atoms with van der Waals surface area (Å²) >= 11 is 0. The highest BCUT2D eigenvalue weighted by Crippen LogP contribution is 2.31. The molecule has 0 bridgehead atoms. The molecule has 0 spiro atoms. The van der Waals surface area contributed by atoms with E-state index in [9.17, 15) is 0 Å². The quantitative estimate of drug-likeness (QED) is 0.857. The molecule has 2 atom stereocenters. The number of hydrogen-bond donors (Lipinski definition) is 2. The van der Waals surface area contributed by atoms with Gasteiger partial charge in [0.15, 0.2) is 0 Å². The first kappa shape index (κ1) is 14.4. The molecule has 0 saturated carbocycles. The van der Waals surface area contributed by atoms with E-state index < -0.39 is 0 Å². The monoisotopic (exact) mass is 262 g/mol. The summed E-state index contributed by atoms with van der Waals surface area (Å²) in [6.07, 6.45) is 3.48. The summed E-state index contributed by atoms with van der Waals surface area (Å²) in [5.41, 5.74) is 8.78. The van der Waals surface area contributed by atoms with Gasteiger partial charge in [-0.2, -0.15) is 0 Å². The third-order valence-corrected chi connectivity index (χ3v) is 4.02. The number of hydrogen-bond acceptors (Lipinski definition) is 3. The molecule has 0 amide bonds. The van der Waals surface area contributed by atoms with Crippen LogP contribution in [0.4, 0.5) is 0 Å². The molecule has 3 nitrogen and oxygen atoms in total. The van der Waals surface area contributed by atoms with Crippen molar-refractivity contribution in [2.45, 2.75) is 51.1 Å². The Balaban J connectivity index is 2.13. The van der Waals surface area contributed by atoms with E-state index in [4.69, 9.17) is 10.5 Å². The normalized spacial score (nSPS) is 20.8. The van der Waals surface area contributed by atoms with Gasteiger partial charge in [-0.15, -0.1) is 0 Å². The molecule has 3 heteroatoms. The Kier molecular flexibility index (Phi) is 4.83. The second-order valence-electron chi connectivity index (χ2n) is 5.79. The first-order valence-electron chi connectivity index (χ1n) is 7.28. The van der Waals surface area contributed by atoms with Gasteiger partial charge >= 0.3 is 0 Å². The van der Waals surface area contributed by atoms with Gasteiger partial charge < -0.3 is 15.8 Å². The van der Waals surface area contributed by atoms with Gasteiger partial charge in [-0.1, -0.05) is 26.0 Å². The van der Waals surface area contributed by atoms with Crippen LogP contribution < -0.4 is 15.8 Å². The number of rotatable bonds is 5. The number of nitrogens with one attached hydrogen (secondary N) is 1. The molecule has 1 saturated heterocycles. The molecule has 1 heterocycles. The van der Waals surface area contributed by atoms with E-state index in [0.29, 0.717) is 12.0 Å². The fourth-order valence-corrected chi connectivity index (χ4v) is 2.78. The summed E-state index contributed by atoms with van der Waals surface area (Å²) in [5.74, 6) is 1.44. The van der Waals surface area contributed by atoms with Crippen molar-refractivity contribution >= 4 is 0 Å². The van der Waals surface area contributed by atoms with Crippen molar-refractivity contribution in [3.8, 4) is 5.75 Å². The molecule has 1 aromatic carbocycles. The van der Waals surface area contributed by atoms with E-state index in [2.05, 4.69) is 37.4 Å². The van der Waals surface area contributed by atoms with Gasteiger partial charge in [0.2, 0.25) is 0 Å². The van der Waals surface area contributed by atoms with Gasteiger partial charge in [-0.05, 0) is 43.4 Å². The largest absolute Gasteiger partial charge is 0.496 e. The van der Waals surface area contributed by atoms with Crippen LogP contribution in [0.25, 0.3) is 0 Å². The second-order valence-corrected chi connectivity index (χ2v) is 5.79. The van der Waals surface area contributed by atoms with Gasteiger partial charge in [0, 0.05) is 17.6 Å². The molecule has 1 aromatic rings. The summed E-state index contributed by atoms with van der Waals surface area (Å²) in [7, 11) is 1.73. The van der Waals surface area contributed by atoms with E-state index in [1.54, 1.807) is 7.11 Å². The topological polar surface area (TPSA) is 47.3 Å². The van der Waals surface area contributed by atoms with Gasteiger partial charge in [-0.25, -0.2) is 0 Å². The van der Waals surface area contributed by atoms with Crippen LogP contribution in [-0.2, 0) is 0 Å². The lowest BCUT2D eigenvalue weighted by Crippen LogP contribution is -2.27. The minimum atomic E-state index is 0.0479. The fraction of sp³-hybridized carbons (Fsp3) is 0.625. The number of nitrogens with two attached hydrogens (primary N) is 1. The van der Waals surface area contributed by atoms with Crippen LogP contribution in [0.15, 0.2) is 18.2 Å². The molecule has 1 fully saturated rings. The molecule has 2 unspecified atom stereocenters. The Hall–Kier alpha value is -1.06. The average Bonchev–Trinajstić information content (AvgIpc) is 2.90. The fourth-order valence-electron chi connectivity index (χ4n) is 2.78. The minimum absolute atomic E-state index is 0.0479. The predicted octanol–water partition coefficient (Wildman–Crippen LogP) is 2.96. The zero-order valence-electron chi connectivity index (χ0n) is 12.3. The summed E-state index contributed by atoms with van der Waals surface area (Å²) in [4.78, 5) is 0.